The van der Waals surface area contributed by atoms with Gasteiger partial charge in [0.1, 0.15) is 5.75 Å². The highest BCUT2D eigenvalue weighted by molar-refractivity contribution is 6.07. The Hall–Kier alpha value is -2.04. The molecular formula is C14H16N2O3. The third-order valence-electron chi connectivity index (χ3n) is 3.70. The molecule has 0 radical (unpaired) electrons. The predicted molar refractivity (Wildman–Crippen MR) is 68.8 cm³/mol. The fourth-order valence-corrected chi connectivity index (χ4v) is 2.80. The number of hydrogen-bond acceptors (Lipinski definition) is 3. The van der Waals surface area contributed by atoms with Gasteiger partial charge in [-0.25, -0.2) is 4.79 Å². The molecule has 2 heterocycles. The zero-order valence-corrected chi connectivity index (χ0v) is 10.8. The van der Waals surface area contributed by atoms with E-state index in [-0.39, 0.29) is 11.9 Å². The van der Waals surface area contributed by atoms with Crippen molar-refractivity contribution in [2.75, 3.05) is 13.2 Å². The van der Waals surface area contributed by atoms with Crippen molar-refractivity contribution in [2.45, 2.75) is 25.3 Å². The lowest BCUT2D eigenvalue weighted by Crippen LogP contribution is -2.47. The number of rotatable bonds is 2. The van der Waals surface area contributed by atoms with Crippen molar-refractivity contribution in [1.82, 2.24) is 10.2 Å². The molecule has 0 aliphatic carbocycles. The van der Waals surface area contributed by atoms with Gasteiger partial charge in [0.25, 0.3) is 5.91 Å². The largest absolute Gasteiger partial charge is 0.493 e. The third kappa shape index (κ3) is 1.61. The van der Waals surface area contributed by atoms with E-state index >= 15 is 0 Å². The van der Waals surface area contributed by atoms with Crippen LogP contribution in [0.3, 0.4) is 0 Å². The number of para-hydroxylation sites is 1. The number of fused-ring (bicyclic) bond motifs is 2. The van der Waals surface area contributed by atoms with Gasteiger partial charge in [-0.05, 0) is 12.5 Å². The second-order valence-electron chi connectivity index (χ2n) is 4.89. The Morgan fingerprint density at radius 3 is 2.95 bits per heavy atom. The van der Waals surface area contributed by atoms with E-state index in [1.807, 2.05) is 31.2 Å². The zero-order chi connectivity index (χ0) is 13.5. The summed E-state index contributed by atoms with van der Waals surface area (Å²) in [4.78, 5) is 26.0. The molecule has 2 aliphatic heterocycles. The van der Waals surface area contributed by atoms with Gasteiger partial charge in [-0.1, -0.05) is 25.1 Å². The Balaban J connectivity index is 2.06. The molecule has 1 N–H and O–H groups in total. The molecule has 19 heavy (non-hydrogen) atoms. The van der Waals surface area contributed by atoms with Gasteiger partial charge in [0.2, 0.25) is 0 Å². The first kappa shape index (κ1) is 12.0. The molecule has 0 unspecified atom stereocenters. The maximum absolute atomic E-state index is 12.6. The highest BCUT2D eigenvalue weighted by Crippen LogP contribution is 2.40. The predicted octanol–water partition coefficient (Wildman–Crippen LogP) is 1.63. The van der Waals surface area contributed by atoms with Crippen LogP contribution in [0.2, 0.25) is 0 Å². The number of urea groups is 1. The lowest BCUT2D eigenvalue weighted by atomic mass is 9.84. The molecule has 1 aromatic carbocycles. The number of carbonyl (C=O) groups excluding carboxylic acids is 2. The molecule has 3 amide bonds. The lowest BCUT2D eigenvalue weighted by molar-refractivity contribution is -0.132. The number of imide groups is 1. The van der Waals surface area contributed by atoms with E-state index in [1.54, 1.807) is 0 Å². The Kier molecular flexibility index (Phi) is 2.69. The molecule has 3 rings (SSSR count). The summed E-state index contributed by atoms with van der Waals surface area (Å²) in [7, 11) is 0. The third-order valence-corrected chi connectivity index (χ3v) is 3.70. The van der Waals surface area contributed by atoms with Crippen molar-refractivity contribution >= 4 is 11.9 Å². The smallest absolute Gasteiger partial charge is 0.325 e. The van der Waals surface area contributed by atoms with Crippen LogP contribution in [0.25, 0.3) is 0 Å². The number of ether oxygens (including phenoxy) is 1. The average Bonchev–Trinajstić information content (AvgIpc) is 2.65. The van der Waals surface area contributed by atoms with Crippen LogP contribution in [0, 0.1) is 0 Å². The lowest BCUT2D eigenvalue weighted by Gasteiger charge is -2.33. The fourth-order valence-electron chi connectivity index (χ4n) is 2.80. The standard InChI is InChI=1S/C14H16N2O3/c1-2-8-16-12(17)14(15-13(16)18)7-9-19-11-6-4-3-5-10(11)14/h3-6H,2,7-9H2,1H3,(H,15,18)/t14-/m1/s1. The molecule has 0 bridgehead atoms. The van der Waals surface area contributed by atoms with Crippen molar-refractivity contribution in [3.05, 3.63) is 29.8 Å². The van der Waals surface area contributed by atoms with Crippen LogP contribution < -0.4 is 10.1 Å². The number of carbonyl (C=O) groups is 2. The van der Waals surface area contributed by atoms with Crippen molar-refractivity contribution in [3.8, 4) is 5.75 Å². The molecule has 0 aromatic heterocycles. The first-order valence-electron chi connectivity index (χ1n) is 6.55. The monoisotopic (exact) mass is 260 g/mol. The fraction of sp³-hybridized carbons (Fsp3) is 0.429. The summed E-state index contributed by atoms with van der Waals surface area (Å²) < 4.78 is 5.57. The van der Waals surface area contributed by atoms with E-state index < -0.39 is 5.54 Å². The molecule has 2 aliphatic rings. The quantitative estimate of drug-likeness (QED) is 0.822. The Morgan fingerprint density at radius 1 is 1.37 bits per heavy atom. The van der Waals surface area contributed by atoms with E-state index in [0.29, 0.717) is 25.3 Å². The zero-order valence-electron chi connectivity index (χ0n) is 10.8. The summed E-state index contributed by atoms with van der Waals surface area (Å²) >= 11 is 0. The molecule has 5 heteroatoms. The van der Waals surface area contributed by atoms with E-state index in [0.717, 1.165) is 12.0 Å². The summed E-state index contributed by atoms with van der Waals surface area (Å²) in [5, 5.41) is 2.87. The minimum atomic E-state index is -0.929. The number of nitrogens with zero attached hydrogens (tertiary/aromatic N) is 1. The maximum Gasteiger partial charge on any atom is 0.325 e. The summed E-state index contributed by atoms with van der Waals surface area (Å²) in [5.74, 6) is 0.524. The molecule has 1 saturated heterocycles. The van der Waals surface area contributed by atoms with E-state index in [2.05, 4.69) is 5.32 Å². The highest BCUT2D eigenvalue weighted by Gasteiger charge is 2.54. The number of amides is 3. The Morgan fingerprint density at radius 2 is 2.16 bits per heavy atom. The summed E-state index contributed by atoms with van der Waals surface area (Å²) in [6, 6.07) is 7.10. The van der Waals surface area contributed by atoms with Crippen LogP contribution in [0.15, 0.2) is 24.3 Å². The highest BCUT2D eigenvalue weighted by atomic mass is 16.5. The van der Waals surface area contributed by atoms with E-state index in [9.17, 15) is 9.59 Å². The van der Waals surface area contributed by atoms with E-state index in [1.165, 1.54) is 4.90 Å². The Bertz CT molecular complexity index is 543. The summed E-state index contributed by atoms with van der Waals surface area (Å²) in [5.41, 5.74) is -0.167. The molecule has 1 atom stereocenters. The summed E-state index contributed by atoms with van der Waals surface area (Å²) in [6.45, 7) is 2.84. The SMILES string of the molecule is CCCN1C(=O)N[C@@]2(CCOc3ccccc32)C1=O. The van der Waals surface area contributed by atoms with Crippen LogP contribution >= 0.6 is 0 Å². The first-order valence-corrected chi connectivity index (χ1v) is 6.55. The van der Waals surface area contributed by atoms with Crippen molar-refractivity contribution in [1.29, 1.82) is 0 Å². The van der Waals surface area contributed by atoms with Crippen LogP contribution in [0.4, 0.5) is 4.79 Å². The minimum absolute atomic E-state index is 0.157. The van der Waals surface area contributed by atoms with Crippen molar-refractivity contribution in [3.63, 3.8) is 0 Å². The first-order chi connectivity index (χ1) is 9.19. The molecule has 100 valence electrons. The second-order valence-corrected chi connectivity index (χ2v) is 4.89. The van der Waals surface area contributed by atoms with Gasteiger partial charge in [0.15, 0.2) is 5.54 Å². The van der Waals surface area contributed by atoms with Gasteiger partial charge in [-0.2, -0.15) is 0 Å². The van der Waals surface area contributed by atoms with Gasteiger partial charge in [0.05, 0.1) is 6.61 Å². The molecule has 5 nitrogen and oxygen atoms in total. The molecule has 0 saturated carbocycles. The van der Waals surface area contributed by atoms with Crippen LogP contribution in [0.1, 0.15) is 25.3 Å². The van der Waals surface area contributed by atoms with Gasteiger partial charge < -0.3 is 10.1 Å². The topological polar surface area (TPSA) is 58.6 Å². The number of nitrogens with one attached hydrogen (secondary N) is 1. The molecule has 1 spiro atoms. The van der Waals surface area contributed by atoms with Crippen LogP contribution in [-0.4, -0.2) is 30.0 Å². The second kappa shape index (κ2) is 4.26. The van der Waals surface area contributed by atoms with Crippen molar-refractivity contribution < 1.29 is 14.3 Å². The number of benzene rings is 1. The van der Waals surface area contributed by atoms with Gasteiger partial charge in [-0.15, -0.1) is 0 Å². The van der Waals surface area contributed by atoms with Crippen LogP contribution in [0.5, 0.6) is 5.75 Å². The minimum Gasteiger partial charge on any atom is -0.493 e. The molecule has 1 fully saturated rings. The van der Waals surface area contributed by atoms with Gasteiger partial charge in [-0.3, -0.25) is 9.69 Å². The van der Waals surface area contributed by atoms with Gasteiger partial charge in [0, 0.05) is 18.5 Å². The maximum atomic E-state index is 12.6. The van der Waals surface area contributed by atoms with Crippen LogP contribution in [-0.2, 0) is 10.3 Å². The van der Waals surface area contributed by atoms with E-state index in [4.69, 9.17) is 4.74 Å². The Labute approximate surface area is 111 Å². The molecular weight excluding hydrogens is 244 g/mol. The van der Waals surface area contributed by atoms with Crippen molar-refractivity contribution in [2.24, 2.45) is 0 Å². The average molecular weight is 260 g/mol. The number of hydrogen-bond donors (Lipinski definition) is 1. The summed E-state index contributed by atoms with van der Waals surface area (Å²) in [6.07, 6.45) is 1.24. The van der Waals surface area contributed by atoms with Gasteiger partial charge >= 0.3 is 6.03 Å². The normalized spacial score (nSPS) is 25.2. The molecule has 1 aromatic rings.